The van der Waals surface area contributed by atoms with Crippen molar-refractivity contribution >= 4 is 27.6 Å². The SMILES string of the molecule is C=C(Cc1ccccc1)Nc1cncc(-c2ccc3[nH]nc(-c4cc5c(-c6ccncc6)cncc5[nH]4)c3n2)c1. The lowest BCUT2D eigenvalue weighted by Crippen LogP contribution is -2.02. The number of hydrogen-bond donors (Lipinski definition) is 3. The first kappa shape index (κ1) is 23.5. The molecule has 6 heterocycles. The number of benzene rings is 1. The van der Waals surface area contributed by atoms with Crippen LogP contribution in [0.25, 0.3) is 55.7 Å². The highest BCUT2D eigenvalue weighted by atomic mass is 15.1. The van der Waals surface area contributed by atoms with E-state index >= 15 is 0 Å². The minimum atomic E-state index is 0.733. The molecule has 7 rings (SSSR count). The van der Waals surface area contributed by atoms with Gasteiger partial charge >= 0.3 is 0 Å². The van der Waals surface area contributed by atoms with Crippen LogP contribution in [0.1, 0.15) is 5.56 Å². The fourth-order valence-corrected chi connectivity index (χ4v) is 4.93. The van der Waals surface area contributed by atoms with Gasteiger partial charge in [-0.15, -0.1) is 0 Å². The second-order valence-corrected chi connectivity index (χ2v) is 9.59. The zero-order chi connectivity index (χ0) is 26.9. The quantitative estimate of drug-likeness (QED) is 0.213. The van der Waals surface area contributed by atoms with Crippen LogP contribution in [0.15, 0.2) is 116 Å². The van der Waals surface area contributed by atoms with Crippen molar-refractivity contribution in [3.63, 3.8) is 0 Å². The zero-order valence-corrected chi connectivity index (χ0v) is 21.5. The largest absolute Gasteiger partial charge is 0.358 e. The fraction of sp³-hybridized carbons (Fsp3) is 0.0312. The van der Waals surface area contributed by atoms with Gasteiger partial charge in [0, 0.05) is 53.4 Å². The van der Waals surface area contributed by atoms with E-state index in [1.54, 1.807) is 18.6 Å². The molecule has 0 atom stereocenters. The topological polar surface area (TPSA) is 108 Å². The van der Waals surface area contributed by atoms with Gasteiger partial charge in [-0.2, -0.15) is 5.10 Å². The predicted octanol–water partition coefficient (Wildman–Crippen LogP) is 6.79. The number of hydrogen-bond acceptors (Lipinski definition) is 6. The van der Waals surface area contributed by atoms with E-state index in [2.05, 4.69) is 60.2 Å². The Kier molecular flexibility index (Phi) is 5.82. The lowest BCUT2D eigenvalue weighted by atomic mass is 10.1. The molecule has 6 aromatic heterocycles. The molecule has 0 unspecified atom stereocenters. The molecular weight excluding hydrogens is 496 g/mol. The van der Waals surface area contributed by atoms with Crippen molar-refractivity contribution in [2.24, 2.45) is 0 Å². The first-order chi connectivity index (χ1) is 19.7. The first-order valence-electron chi connectivity index (χ1n) is 12.9. The molecule has 0 aliphatic heterocycles. The molecule has 0 aliphatic carbocycles. The number of aromatic amines is 2. The van der Waals surface area contributed by atoms with Crippen molar-refractivity contribution in [1.82, 2.24) is 35.1 Å². The van der Waals surface area contributed by atoms with Crippen molar-refractivity contribution < 1.29 is 0 Å². The highest BCUT2D eigenvalue weighted by molar-refractivity contribution is 5.99. The number of pyridine rings is 4. The van der Waals surface area contributed by atoms with Gasteiger partial charge in [-0.1, -0.05) is 36.9 Å². The smallest absolute Gasteiger partial charge is 0.135 e. The van der Waals surface area contributed by atoms with E-state index < -0.39 is 0 Å². The second-order valence-electron chi connectivity index (χ2n) is 9.59. The molecule has 3 N–H and O–H groups in total. The third-order valence-electron chi connectivity index (χ3n) is 6.82. The Morgan fingerprint density at radius 3 is 2.52 bits per heavy atom. The highest BCUT2D eigenvalue weighted by Gasteiger charge is 2.16. The molecule has 0 saturated carbocycles. The summed E-state index contributed by atoms with van der Waals surface area (Å²) in [6.07, 6.45) is 11.6. The van der Waals surface area contributed by atoms with Crippen LogP contribution in [0.4, 0.5) is 5.69 Å². The molecule has 40 heavy (non-hydrogen) atoms. The van der Waals surface area contributed by atoms with Crippen LogP contribution in [-0.2, 0) is 6.42 Å². The van der Waals surface area contributed by atoms with Gasteiger partial charge in [0.1, 0.15) is 11.2 Å². The summed E-state index contributed by atoms with van der Waals surface area (Å²) in [6.45, 7) is 4.19. The maximum absolute atomic E-state index is 4.99. The van der Waals surface area contributed by atoms with Crippen molar-refractivity contribution in [1.29, 1.82) is 0 Å². The summed E-state index contributed by atoms with van der Waals surface area (Å²) in [5.41, 5.74) is 10.9. The Labute approximate surface area is 229 Å². The number of rotatable bonds is 7. The van der Waals surface area contributed by atoms with Crippen LogP contribution in [-0.4, -0.2) is 35.1 Å². The summed E-state index contributed by atoms with van der Waals surface area (Å²) < 4.78 is 0. The molecule has 192 valence electrons. The molecule has 0 saturated heterocycles. The van der Waals surface area contributed by atoms with E-state index in [9.17, 15) is 0 Å². The number of nitrogens with one attached hydrogen (secondary N) is 3. The molecule has 0 radical (unpaired) electrons. The minimum Gasteiger partial charge on any atom is -0.358 e. The summed E-state index contributed by atoms with van der Waals surface area (Å²) in [5.74, 6) is 0. The normalized spacial score (nSPS) is 11.2. The first-order valence-corrected chi connectivity index (χ1v) is 12.9. The highest BCUT2D eigenvalue weighted by Crippen LogP contribution is 2.33. The van der Waals surface area contributed by atoms with Gasteiger partial charge in [-0.3, -0.25) is 20.1 Å². The Hall–Kier alpha value is -5.63. The van der Waals surface area contributed by atoms with Crippen LogP contribution >= 0.6 is 0 Å². The molecule has 0 spiro atoms. The van der Waals surface area contributed by atoms with Crippen LogP contribution in [0.2, 0.25) is 0 Å². The molecule has 8 nitrogen and oxygen atoms in total. The van der Waals surface area contributed by atoms with E-state index in [1.165, 1.54) is 5.56 Å². The van der Waals surface area contributed by atoms with Gasteiger partial charge in [0.15, 0.2) is 0 Å². The average Bonchev–Trinajstić information content (AvgIpc) is 3.62. The Morgan fingerprint density at radius 2 is 1.65 bits per heavy atom. The van der Waals surface area contributed by atoms with Gasteiger partial charge in [0.05, 0.1) is 40.5 Å². The molecule has 0 fully saturated rings. The Balaban J connectivity index is 1.21. The summed E-state index contributed by atoms with van der Waals surface area (Å²) in [6, 6.07) is 22.3. The summed E-state index contributed by atoms with van der Waals surface area (Å²) in [5, 5.41) is 12.2. The average molecular weight is 521 g/mol. The number of aromatic nitrogens is 7. The number of fused-ring (bicyclic) bond motifs is 2. The molecule has 7 aromatic rings. The maximum atomic E-state index is 4.99. The van der Waals surface area contributed by atoms with E-state index in [0.29, 0.717) is 0 Å². The van der Waals surface area contributed by atoms with Gasteiger partial charge in [0.25, 0.3) is 0 Å². The van der Waals surface area contributed by atoms with Gasteiger partial charge in [-0.05, 0) is 47.5 Å². The van der Waals surface area contributed by atoms with Crippen molar-refractivity contribution in [2.45, 2.75) is 6.42 Å². The van der Waals surface area contributed by atoms with E-state index in [4.69, 9.17) is 4.98 Å². The number of allylic oxidation sites excluding steroid dienone is 1. The van der Waals surface area contributed by atoms with Crippen molar-refractivity contribution in [3.8, 4) is 33.8 Å². The lowest BCUT2D eigenvalue weighted by Gasteiger charge is -2.11. The van der Waals surface area contributed by atoms with Gasteiger partial charge in [-0.25, -0.2) is 4.98 Å². The number of H-pyrrole nitrogens is 2. The molecule has 1 aromatic carbocycles. The van der Waals surface area contributed by atoms with Gasteiger partial charge in [0.2, 0.25) is 0 Å². The second kappa shape index (κ2) is 9.92. The van der Waals surface area contributed by atoms with Gasteiger partial charge < -0.3 is 10.3 Å². The van der Waals surface area contributed by atoms with Crippen LogP contribution < -0.4 is 5.32 Å². The van der Waals surface area contributed by atoms with E-state index in [1.807, 2.05) is 67.1 Å². The molecule has 0 amide bonds. The summed E-state index contributed by atoms with van der Waals surface area (Å²) in [4.78, 5) is 21.5. The fourth-order valence-electron chi connectivity index (χ4n) is 4.93. The molecule has 0 bridgehead atoms. The summed E-state index contributed by atoms with van der Waals surface area (Å²) in [7, 11) is 0. The summed E-state index contributed by atoms with van der Waals surface area (Å²) >= 11 is 0. The molecular formula is C32H24N8. The van der Waals surface area contributed by atoms with Crippen molar-refractivity contribution in [2.75, 3.05) is 5.32 Å². The van der Waals surface area contributed by atoms with E-state index in [-0.39, 0.29) is 0 Å². The maximum Gasteiger partial charge on any atom is 0.135 e. The van der Waals surface area contributed by atoms with Crippen LogP contribution in [0, 0.1) is 0 Å². The third-order valence-corrected chi connectivity index (χ3v) is 6.82. The predicted molar refractivity (Wildman–Crippen MR) is 158 cm³/mol. The van der Waals surface area contributed by atoms with E-state index in [0.717, 1.165) is 73.5 Å². The zero-order valence-electron chi connectivity index (χ0n) is 21.5. The van der Waals surface area contributed by atoms with Crippen LogP contribution in [0.5, 0.6) is 0 Å². The Bertz CT molecular complexity index is 1970. The third kappa shape index (κ3) is 4.48. The van der Waals surface area contributed by atoms with Crippen LogP contribution in [0.3, 0.4) is 0 Å². The molecule has 8 heteroatoms. The standard InChI is InChI=1S/C32H24N8/c1-20(13-21-5-3-2-4-6-21)36-24-14-23(16-34-17-24)27-7-8-28-31(38-27)32(40-39-28)29-15-25-26(18-35-19-30(25)37-29)22-9-11-33-12-10-22/h2-12,14-19,36-37H,1,13H2,(H,39,40). The lowest BCUT2D eigenvalue weighted by molar-refractivity contribution is 1.12. The number of nitrogens with zero attached hydrogens (tertiary/aromatic N) is 5. The number of anilines is 1. The molecule has 0 aliphatic rings. The Morgan fingerprint density at radius 1 is 0.800 bits per heavy atom. The minimum absolute atomic E-state index is 0.733. The monoisotopic (exact) mass is 520 g/mol. The van der Waals surface area contributed by atoms with Crippen molar-refractivity contribution in [3.05, 3.63) is 122 Å².